The van der Waals surface area contributed by atoms with Crippen molar-refractivity contribution in [2.75, 3.05) is 6.61 Å². The van der Waals surface area contributed by atoms with Gasteiger partial charge in [0.1, 0.15) is 6.10 Å². The average molecular weight is 238 g/mol. The van der Waals surface area contributed by atoms with Crippen LogP contribution in [0.2, 0.25) is 0 Å². The lowest BCUT2D eigenvalue weighted by molar-refractivity contribution is -0.149. The highest BCUT2D eigenvalue weighted by Crippen LogP contribution is 2.57. The van der Waals surface area contributed by atoms with Crippen LogP contribution in [0.1, 0.15) is 32.6 Å². The van der Waals surface area contributed by atoms with Gasteiger partial charge in [-0.15, -0.1) is 0 Å². The predicted molar refractivity (Wildman–Crippen MR) is 58.9 cm³/mol. The minimum Gasteiger partial charge on any atom is -0.465 e. The van der Waals surface area contributed by atoms with Crippen molar-refractivity contribution >= 4 is 11.9 Å². The molecule has 1 saturated heterocycles. The van der Waals surface area contributed by atoms with Gasteiger partial charge in [0, 0.05) is 18.3 Å². The van der Waals surface area contributed by atoms with Crippen molar-refractivity contribution in [3.05, 3.63) is 0 Å². The molecule has 0 radical (unpaired) electrons. The molecule has 3 rings (SSSR count). The average Bonchev–Trinajstić information content (AvgIpc) is 2.89. The van der Waals surface area contributed by atoms with Crippen LogP contribution in [0.3, 0.4) is 0 Å². The van der Waals surface area contributed by atoms with Crippen molar-refractivity contribution < 1.29 is 19.1 Å². The number of fused-ring (bicyclic) bond motifs is 1. The van der Waals surface area contributed by atoms with Crippen LogP contribution in [-0.4, -0.2) is 24.6 Å². The lowest BCUT2D eigenvalue weighted by Crippen LogP contribution is -2.31. The number of esters is 2. The molecule has 4 heteroatoms. The minimum atomic E-state index is -0.129. The molecule has 94 valence electrons. The van der Waals surface area contributed by atoms with Crippen molar-refractivity contribution in [1.82, 2.24) is 0 Å². The van der Waals surface area contributed by atoms with Crippen LogP contribution in [0.15, 0.2) is 0 Å². The second-order valence-electron chi connectivity index (χ2n) is 5.50. The highest BCUT2D eigenvalue weighted by Gasteiger charge is 2.61. The van der Waals surface area contributed by atoms with Crippen molar-refractivity contribution in [1.29, 1.82) is 0 Å². The second kappa shape index (κ2) is 4.00. The van der Waals surface area contributed by atoms with Gasteiger partial charge in [0.15, 0.2) is 0 Å². The molecule has 0 aromatic carbocycles. The van der Waals surface area contributed by atoms with E-state index in [9.17, 15) is 9.59 Å². The molecule has 4 nitrogen and oxygen atoms in total. The quantitative estimate of drug-likeness (QED) is 0.697. The second-order valence-corrected chi connectivity index (χ2v) is 5.50. The van der Waals surface area contributed by atoms with Crippen LogP contribution in [0.25, 0.3) is 0 Å². The van der Waals surface area contributed by atoms with Gasteiger partial charge >= 0.3 is 11.9 Å². The molecule has 17 heavy (non-hydrogen) atoms. The van der Waals surface area contributed by atoms with E-state index in [1.165, 1.54) is 0 Å². The van der Waals surface area contributed by atoms with Crippen molar-refractivity contribution in [3.8, 4) is 0 Å². The molecular formula is C13H18O4. The fourth-order valence-electron chi connectivity index (χ4n) is 3.77. The summed E-state index contributed by atoms with van der Waals surface area (Å²) in [4.78, 5) is 22.9. The van der Waals surface area contributed by atoms with E-state index in [1.54, 1.807) is 0 Å². The summed E-state index contributed by atoms with van der Waals surface area (Å²) in [6.07, 6.45) is 3.34. The molecule has 5 unspecified atom stereocenters. The van der Waals surface area contributed by atoms with Crippen molar-refractivity contribution in [2.45, 2.75) is 38.7 Å². The summed E-state index contributed by atoms with van der Waals surface area (Å²) in [5.74, 6) is 1.18. The fourth-order valence-corrected chi connectivity index (χ4v) is 3.77. The van der Waals surface area contributed by atoms with Gasteiger partial charge in [-0.05, 0) is 25.2 Å². The predicted octanol–water partition coefficient (Wildman–Crippen LogP) is 1.53. The molecular weight excluding hydrogens is 220 g/mol. The third-order valence-corrected chi connectivity index (χ3v) is 4.54. The maximum atomic E-state index is 11.5. The minimum absolute atomic E-state index is 0.0233. The Morgan fingerprint density at radius 3 is 3.06 bits per heavy atom. The molecule has 1 aliphatic heterocycles. The van der Waals surface area contributed by atoms with Crippen molar-refractivity contribution in [3.63, 3.8) is 0 Å². The Morgan fingerprint density at radius 2 is 2.29 bits per heavy atom. The molecule has 0 amide bonds. The number of ether oxygens (including phenoxy) is 2. The molecule has 0 aromatic rings. The summed E-state index contributed by atoms with van der Waals surface area (Å²) >= 11 is 0. The molecule has 3 fully saturated rings. The van der Waals surface area contributed by atoms with Crippen LogP contribution in [-0.2, 0) is 19.1 Å². The Morgan fingerprint density at radius 1 is 1.47 bits per heavy atom. The van der Waals surface area contributed by atoms with E-state index in [-0.39, 0.29) is 29.9 Å². The van der Waals surface area contributed by atoms with Gasteiger partial charge in [0.25, 0.3) is 0 Å². The van der Waals surface area contributed by atoms with Gasteiger partial charge in [-0.3, -0.25) is 9.59 Å². The zero-order chi connectivity index (χ0) is 12.0. The standard InChI is InChI=1S/C13H18O4/c1-2-3-11(14)16-6-10-7-4-8-9(5-7)13(15)17-12(8)10/h7-10,12H,2-6H2,1H3. The highest BCUT2D eigenvalue weighted by atomic mass is 16.6. The summed E-state index contributed by atoms with van der Waals surface area (Å²) < 4.78 is 10.7. The topological polar surface area (TPSA) is 52.6 Å². The lowest BCUT2D eigenvalue weighted by Gasteiger charge is -2.24. The molecule has 5 atom stereocenters. The molecule has 2 saturated carbocycles. The Hall–Kier alpha value is -1.06. The van der Waals surface area contributed by atoms with E-state index in [1.807, 2.05) is 6.92 Å². The summed E-state index contributed by atoms with van der Waals surface area (Å²) in [7, 11) is 0. The van der Waals surface area contributed by atoms with Crippen LogP contribution in [0, 0.1) is 23.7 Å². The van der Waals surface area contributed by atoms with Gasteiger partial charge in [0.05, 0.1) is 12.5 Å². The molecule has 0 aromatic heterocycles. The first-order valence-electron chi connectivity index (χ1n) is 6.56. The molecule has 3 aliphatic rings. The monoisotopic (exact) mass is 238 g/mol. The Kier molecular flexibility index (Phi) is 2.60. The lowest BCUT2D eigenvalue weighted by atomic mass is 9.83. The SMILES string of the molecule is CCCC(=O)OCC1C2CC3C(=O)OC1C3C2. The Labute approximate surface area is 101 Å². The maximum Gasteiger partial charge on any atom is 0.309 e. The van der Waals surface area contributed by atoms with E-state index >= 15 is 0 Å². The Balaban J connectivity index is 1.59. The summed E-state index contributed by atoms with van der Waals surface area (Å²) in [5, 5.41) is 0. The molecule has 0 spiro atoms. The summed E-state index contributed by atoms with van der Waals surface area (Å²) in [6, 6.07) is 0. The smallest absolute Gasteiger partial charge is 0.309 e. The maximum absolute atomic E-state index is 11.5. The zero-order valence-corrected chi connectivity index (χ0v) is 10.1. The first-order chi connectivity index (χ1) is 8.20. The van der Waals surface area contributed by atoms with Gasteiger partial charge in [0.2, 0.25) is 0 Å². The summed E-state index contributed by atoms with van der Waals surface area (Å²) in [6.45, 7) is 2.40. The van der Waals surface area contributed by atoms with Crippen LogP contribution in [0.4, 0.5) is 0 Å². The van der Waals surface area contributed by atoms with Gasteiger partial charge in [-0.25, -0.2) is 0 Å². The molecule has 2 bridgehead atoms. The zero-order valence-electron chi connectivity index (χ0n) is 10.1. The first kappa shape index (κ1) is 11.1. The van der Waals surface area contributed by atoms with E-state index in [0.717, 1.165) is 19.3 Å². The molecule has 0 N–H and O–H groups in total. The van der Waals surface area contributed by atoms with Gasteiger partial charge < -0.3 is 9.47 Å². The molecule has 2 aliphatic carbocycles. The van der Waals surface area contributed by atoms with E-state index < -0.39 is 0 Å². The van der Waals surface area contributed by atoms with Crippen LogP contribution < -0.4 is 0 Å². The third kappa shape index (κ3) is 1.65. The highest BCUT2D eigenvalue weighted by molar-refractivity contribution is 5.76. The van der Waals surface area contributed by atoms with E-state index in [2.05, 4.69) is 0 Å². The van der Waals surface area contributed by atoms with E-state index in [4.69, 9.17) is 9.47 Å². The number of carbonyl (C=O) groups is 2. The Bertz CT molecular complexity index is 351. The number of hydrogen-bond donors (Lipinski definition) is 0. The van der Waals surface area contributed by atoms with Crippen molar-refractivity contribution in [2.24, 2.45) is 23.7 Å². The fraction of sp³-hybridized carbons (Fsp3) is 0.846. The summed E-state index contributed by atoms with van der Waals surface area (Å²) in [5.41, 5.74) is 0. The number of hydrogen-bond acceptors (Lipinski definition) is 4. The van der Waals surface area contributed by atoms with Crippen LogP contribution in [0.5, 0.6) is 0 Å². The van der Waals surface area contributed by atoms with Gasteiger partial charge in [-0.2, -0.15) is 0 Å². The first-order valence-corrected chi connectivity index (χ1v) is 6.56. The third-order valence-electron chi connectivity index (χ3n) is 4.54. The van der Waals surface area contributed by atoms with E-state index in [0.29, 0.717) is 24.9 Å². The van der Waals surface area contributed by atoms with Crippen LogP contribution >= 0.6 is 0 Å². The largest absolute Gasteiger partial charge is 0.465 e. The number of rotatable bonds is 4. The normalized spacial score (nSPS) is 41.7. The van der Waals surface area contributed by atoms with Gasteiger partial charge in [-0.1, -0.05) is 6.92 Å². The molecule has 1 heterocycles. The number of carbonyl (C=O) groups excluding carboxylic acids is 2.